The number of aliphatic carboxylic acids is 1. The van der Waals surface area contributed by atoms with E-state index in [1.54, 1.807) is 6.92 Å². The van der Waals surface area contributed by atoms with Crippen molar-refractivity contribution in [2.75, 3.05) is 0 Å². The van der Waals surface area contributed by atoms with E-state index < -0.39 is 5.97 Å². The number of hydrogen-bond donors (Lipinski definition) is 2. The van der Waals surface area contributed by atoms with E-state index >= 15 is 0 Å². The Balaban J connectivity index is 4.52. The summed E-state index contributed by atoms with van der Waals surface area (Å²) in [6.07, 6.45) is -0.0440. The fourth-order valence-corrected chi connectivity index (χ4v) is 0.836. The topological polar surface area (TPSA) is 61.2 Å². The molecule has 0 unspecified atom stereocenters. The number of hydrogen-bond acceptors (Lipinski definition) is 2. The van der Waals surface area contributed by atoms with Crippen molar-refractivity contribution in [2.45, 2.75) is 27.2 Å². The Morgan fingerprint density at radius 3 is 1.91 bits per heavy atom. The Hall–Kier alpha value is -1.12. The lowest BCUT2D eigenvalue weighted by Gasteiger charge is -2.03. The van der Waals surface area contributed by atoms with Crippen LogP contribution in [0.1, 0.15) is 27.2 Å². The number of nitrogens with one attached hydrogen (secondary N) is 1. The molecule has 0 fully saturated rings. The highest BCUT2D eigenvalue weighted by atomic mass is 16.4. The van der Waals surface area contributed by atoms with Gasteiger partial charge in [0.15, 0.2) is 0 Å². The van der Waals surface area contributed by atoms with Crippen molar-refractivity contribution in [1.29, 1.82) is 5.41 Å². The van der Waals surface area contributed by atoms with Gasteiger partial charge in [0.1, 0.15) is 0 Å². The van der Waals surface area contributed by atoms with Crippen molar-refractivity contribution in [3.8, 4) is 0 Å². The van der Waals surface area contributed by atoms with Gasteiger partial charge in [0, 0.05) is 5.71 Å². The minimum Gasteiger partial charge on any atom is -0.481 e. The standard InChI is InChI=1S/C8H13NO2/c1-5(2)7(6(3)9)4-8(10)11/h9H,4H2,1-3H3,(H,10,11). The van der Waals surface area contributed by atoms with Crippen LogP contribution in [0.5, 0.6) is 0 Å². The van der Waals surface area contributed by atoms with E-state index in [0.717, 1.165) is 5.57 Å². The molecular weight excluding hydrogens is 142 g/mol. The molecule has 0 saturated heterocycles. The monoisotopic (exact) mass is 155 g/mol. The van der Waals surface area contributed by atoms with Gasteiger partial charge in [-0.15, -0.1) is 0 Å². The van der Waals surface area contributed by atoms with Gasteiger partial charge in [-0.1, -0.05) is 5.57 Å². The van der Waals surface area contributed by atoms with E-state index in [-0.39, 0.29) is 6.42 Å². The SMILES string of the molecule is CC(=N)C(CC(=O)O)=C(C)C. The third kappa shape index (κ3) is 3.55. The first-order valence-corrected chi connectivity index (χ1v) is 3.38. The predicted molar refractivity (Wildman–Crippen MR) is 44.0 cm³/mol. The van der Waals surface area contributed by atoms with E-state index in [9.17, 15) is 4.79 Å². The Morgan fingerprint density at radius 1 is 1.36 bits per heavy atom. The largest absolute Gasteiger partial charge is 0.481 e. The van der Waals surface area contributed by atoms with Gasteiger partial charge in [0.05, 0.1) is 6.42 Å². The molecule has 0 aromatic rings. The van der Waals surface area contributed by atoms with Crippen LogP contribution in [0.25, 0.3) is 0 Å². The van der Waals surface area contributed by atoms with Crippen molar-refractivity contribution in [3.63, 3.8) is 0 Å². The summed E-state index contributed by atoms with van der Waals surface area (Å²) < 4.78 is 0. The molecule has 0 rings (SSSR count). The first kappa shape index (κ1) is 9.88. The number of rotatable bonds is 3. The molecule has 3 nitrogen and oxygen atoms in total. The maximum absolute atomic E-state index is 10.3. The highest BCUT2D eigenvalue weighted by molar-refractivity contribution is 5.99. The molecule has 0 saturated carbocycles. The number of carbonyl (C=O) groups is 1. The Kier molecular flexibility index (Phi) is 3.51. The van der Waals surface area contributed by atoms with Crippen LogP contribution in [0.15, 0.2) is 11.1 Å². The fourth-order valence-electron chi connectivity index (χ4n) is 0.836. The second kappa shape index (κ2) is 3.91. The zero-order valence-corrected chi connectivity index (χ0v) is 7.06. The first-order chi connectivity index (χ1) is 4.95. The summed E-state index contributed by atoms with van der Waals surface area (Å²) in [5.41, 5.74) is 1.87. The van der Waals surface area contributed by atoms with Crippen LogP contribution in [0.2, 0.25) is 0 Å². The Bertz CT molecular complexity index is 212. The van der Waals surface area contributed by atoms with Crippen LogP contribution >= 0.6 is 0 Å². The number of carboxylic acid groups (broad SMARTS) is 1. The van der Waals surface area contributed by atoms with Crippen LogP contribution in [-0.4, -0.2) is 16.8 Å². The fraction of sp³-hybridized carbons (Fsp3) is 0.500. The van der Waals surface area contributed by atoms with Gasteiger partial charge in [-0.05, 0) is 26.3 Å². The molecule has 0 aliphatic rings. The maximum atomic E-state index is 10.3. The van der Waals surface area contributed by atoms with Gasteiger partial charge >= 0.3 is 5.97 Å². The molecule has 0 aromatic carbocycles. The van der Waals surface area contributed by atoms with Gasteiger partial charge in [-0.3, -0.25) is 4.79 Å². The second-order valence-electron chi connectivity index (χ2n) is 2.67. The molecule has 11 heavy (non-hydrogen) atoms. The van der Waals surface area contributed by atoms with E-state index in [2.05, 4.69) is 0 Å². The van der Waals surface area contributed by atoms with Gasteiger partial charge in [-0.25, -0.2) is 0 Å². The molecule has 3 heteroatoms. The van der Waals surface area contributed by atoms with Crippen LogP contribution in [0.4, 0.5) is 0 Å². The van der Waals surface area contributed by atoms with E-state index in [4.69, 9.17) is 10.5 Å². The lowest BCUT2D eigenvalue weighted by molar-refractivity contribution is -0.136. The molecule has 0 aromatic heterocycles. The molecule has 0 aliphatic heterocycles. The van der Waals surface area contributed by atoms with Crippen molar-refractivity contribution in [2.24, 2.45) is 0 Å². The maximum Gasteiger partial charge on any atom is 0.307 e. The van der Waals surface area contributed by atoms with E-state index in [1.807, 2.05) is 13.8 Å². The molecule has 0 bridgehead atoms. The molecule has 0 heterocycles. The lowest BCUT2D eigenvalue weighted by atomic mass is 10.0. The van der Waals surface area contributed by atoms with E-state index in [1.165, 1.54) is 0 Å². The lowest BCUT2D eigenvalue weighted by Crippen LogP contribution is -2.05. The van der Waals surface area contributed by atoms with Gasteiger partial charge in [0.2, 0.25) is 0 Å². The molecule has 0 spiro atoms. The minimum atomic E-state index is -0.882. The van der Waals surface area contributed by atoms with Crippen molar-refractivity contribution in [1.82, 2.24) is 0 Å². The normalized spacial score (nSPS) is 9.00. The summed E-state index contributed by atoms with van der Waals surface area (Å²) in [5, 5.41) is 15.7. The summed E-state index contributed by atoms with van der Waals surface area (Å²) in [6, 6.07) is 0. The molecule has 2 N–H and O–H groups in total. The highest BCUT2D eigenvalue weighted by Crippen LogP contribution is 2.09. The highest BCUT2D eigenvalue weighted by Gasteiger charge is 2.06. The Morgan fingerprint density at radius 2 is 1.82 bits per heavy atom. The van der Waals surface area contributed by atoms with Crippen molar-refractivity contribution < 1.29 is 9.90 Å². The smallest absolute Gasteiger partial charge is 0.307 e. The predicted octanol–water partition coefficient (Wildman–Crippen LogP) is 1.84. The summed E-state index contributed by atoms with van der Waals surface area (Å²) in [5.74, 6) is -0.882. The molecular formula is C8H13NO2. The molecule has 62 valence electrons. The summed E-state index contributed by atoms with van der Waals surface area (Å²) in [6.45, 7) is 5.23. The average molecular weight is 155 g/mol. The van der Waals surface area contributed by atoms with Crippen LogP contribution < -0.4 is 0 Å². The first-order valence-electron chi connectivity index (χ1n) is 3.38. The van der Waals surface area contributed by atoms with Gasteiger partial charge in [0.25, 0.3) is 0 Å². The zero-order chi connectivity index (χ0) is 9.02. The summed E-state index contributed by atoms with van der Waals surface area (Å²) in [7, 11) is 0. The molecule has 0 amide bonds. The minimum absolute atomic E-state index is 0.0440. The average Bonchev–Trinajstić information content (AvgIpc) is 1.81. The van der Waals surface area contributed by atoms with Crippen LogP contribution in [-0.2, 0) is 4.79 Å². The number of allylic oxidation sites excluding steroid dienone is 1. The summed E-state index contributed by atoms with van der Waals surface area (Å²) >= 11 is 0. The summed E-state index contributed by atoms with van der Waals surface area (Å²) in [4.78, 5) is 10.3. The van der Waals surface area contributed by atoms with Crippen molar-refractivity contribution in [3.05, 3.63) is 11.1 Å². The molecule has 0 aliphatic carbocycles. The quantitative estimate of drug-likeness (QED) is 0.611. The van der Waals surface area contributed by atoms with E-state index in [0.29, 0.717) is 11.3 Å². The van der Waals surface area contributed by atoms with Crippen molar-refractivity contribution >= 4 is 11.7 Å². The Labute approximate surface area is 66.2 Å². The van der Waals surface area contributed by atoms with Crippen LogP contribution in [0.3, 0.4) is 0 Å². The van der Waals surface area contributed by atoms with Crippen LogP contribution in [0, 0.1) is 5.41 Å². The third-order valence-electron chi connectivity index (χ3n) is 1.38. The zero-order valence-electron chi connectivity index (χ0n) is 7.06. The van der Waals surface area contributed by atoms with Gasteiger partial charge in [-0.2, -0.15) is 0 Å². The third-order valence-corrected chi connectivity index (χ3v) is 1.38. The molecule has 0 atom stereocenters. The number of carboxylic acids is 1. The van der Waals surface area contributed by atoms with Gasteiger partial charge < -0.3 is 10.5 Å². The second-order valence-corrected chi connectivity index (χ2v) is 2.67. The molecule has 0 radical (unpaired) electrons.